The Morgan fingerprint density at radius 2 is 1.82 bits per heavy atom. The number of fused-ring (bicyclic) bond motifs is 1. The van der Waals surface area contributed by atoms with E-state index >= 15 is 0 Å². The number of ether oxygens (including phenoxy) is 3. The van der Waals surface area contributed by atoms with Crippen LogP contribution in [0, 0.1) is 0 Å². The number of morpholine rings is 1. The highest BCUT2D eigenvalue weighted by molar-refractivity contribution is 7.13. The zero-order valence-electron chi connectivity index (χ0n) is 22.3. The Morgan fingerprint density at radius 1 is 1.15 bits per heavy atom. The number of benzene rings is 1. The van der Waals surface area contributed by atoms with Crippen LogP contribution in [0.25, 0.3) is 5.57 Å². The molecule has 2 aliphatic heterocycles. The molecule has 1 aromatic carbocycles. The molecule has 212 valence electrons. The second-order valence-corrected chi connectivity index (χ2v) is 11.3. The van der Waals surface area contributed by atoms with E-state index in [1.165, 1.54) is 11.1 Å². The predicted molar refractivity (Wildman–Crippen MR) is 140 cm³/mol. The van der Waals surface area contributed by atoms with E-state index in [-0.39, 0.29) is 22.7 Å². The van der Waals surface area contributed by atoms with Crippen molar-refractivity contribution >= 4 is 28.8 Å². The highest BCUT2D eigenvalue weighted by Gasteiger charge is 2.43. The van der Waals surface area contributed by atoms with Gasteiger partial charge in [0, 0.05) is 43.4 Å². The van der Waals surface area contributed by atoms with Gasteiger partial charge < -0.3 is 19.1 Å². The van der Waals surface area contributed by atoms with Gasteiger partial charge in [0.05, 0.1) is 35.5 Å². The lowest BCUT2D eigenvalue weighted by Crippen LogP contribution is -2.38. The predicted octanol–water partition coefficient (Wildman–Crippen LogP) is 4.60. The lowest BCUT2D eigenvalue weighted by Gasteiger charge is -2.28. The van der Waals surface area contributed by atoms with Gasteiger partial charge in [-0.05, 0) is 38.1 Å². The number of nitrogens with zero attached hydrogens (tertiary/aromatic N) is 3. The summed E-state index contributed by atoms with van der Waals surface area (Å²) in [7, 11) is 0. The maximum absolute atomic E-state index is 13.5. The maximum Gasteiger partial charge on any atom is 0.443 e. The number of carbonyl (C=O) groups excluding carboxylic acids is 2. The van der Waals surface area contributed by atoms with Crippen molar-refractivity contribution in [3.8, 4) is 5.75 Å². The minimum absolute atomic E-state index is 0.0100. The molecule has 0 bridgehead atoms. The number of aromatic nitrogens is 1. The smallest absolute Gasteiger partial charge is 0.443 e. The van der Waals surface area contributed by atoms with Crippen LogP contribution in [0.1, 0.15) is 53.6 Å². The highest BCUT2D eigenvalue weighted by atomic mass is 32.1. The molecule has 0 unspecified atom stereocenters. The average molecular weight is 568 g/mol. The molecule has 0 radical (unpaired) electrons. The van der Waals surface area contributed by atoms with Crippen molar-refractivity contribution in [2.24, 2.45) is 0 Å². The van der Waals surface area contributed by atoms with E-state index in [0.29, 0.717) is 42.5 Å². The molecular formula is C27H32F3N3O5S. The minimum Gasteiger partial charge on any atom is -0.492 e. The van der Waals surface area contributed by atoms with Crippen LogP contribution in [-0.2, 0) is 25.9 Å². The van der Waals surface area contributed by atoms with Crippen molar-refractivity contribution in [1.29, 1.82) is 0 Å². The van der Waals surface area contributed by atoms with Gasteiger partial charge in [0.15, 0.2) is 5.01 Å². The maximum atomic E-state index is 13.5. The van der Waals surface area contributed by atoms with E-state index in [9.17, 15) is 22.8 Å². The summed E-state index contributed by atoms with van der Waals surface area (Å²) in [6.07, 6.45) is -3.89. The summed E-state index contributed by atoms with van der Waals surface area (Å²) >= 11 is 0.381. The van der Waals surface area contributed by atoms with Gasteiger partial charge in [0.25, 0.3) is 5.91 Å². The Morgan fingerprint density at radius 3 is 2.44 bits per heavy atom. The molecule has 3 heterocycles. The van der Waals surface area contributed by atoms with Crippen molar-refractivity contribution in [1.82, 2.24) is 14.8 Å². The van der Waals surface area contributed by atoms with Crippen LogP contribution in [0.3, 0.4) is 0 Å². The Hall–Kier alpha value is -2.96. The van der Waals surface area contributed by atoms with E-state index in [0.717, 1.165) is 19.6 Å². The summed E-state index contributed by atoms with van der Waals surface area (Å²) in [5.41, 5.74) is -0.669. The van der Waals surface area contributed by atoms with Gasteiger partial charge >= 0.3 is 12.1 Å². The number of hydrogen-bond donors (Lipinski definition) is 0. The standard InChI is InChI=1S/C27H32F3N3O5S/c1-17(2)38-24(35)20-15-33(16-26(3,4)22-21(20)39-25(31-22)27(28,29)30)23(34)18-5-7-19(8-6-18)37-14-11-32-9-12-36-13-10-32/h5-8,15,17H,9-14,16H2,1-4H3. The zero-order chi connectivity index (χ0) is 28.4. The summed E-state index contributed by atoms with van der Waals surface area (Å²) in [5.74, 6) is -0.620. The molecule has 0 atom stereocenters. The monoisotopic (exact) mass is 567 g/mol. The first-order valence-electron chi connectivity index (χ1n) is 12.7. The second kappa shape index (κ2) is 11.6. The normalized spacial score (nSPS) is 17.8. The average Bonchev–Trinajstić information content (AvgIpc) is 3.30. The first-order chi connectivity index (χ1) is 18.3. The minimum atomic E-state index is -4.67. The van der Waals surface area contributed by atoms with Crippen LogP contribution in [0.15, 0.2) is 30.5 Å². The molecule has 2 aliphatic rings. The third-order valence-corrected chi connectivity index (χ3v) is 7.44. The SMILES string of the molecule is CC(C)OC(=O)C1=CN(C(=O)c2ccc(OCCN3CCOCC3)cc2)CC(C)(C)c2nc(C(F)(F)F)sc21. The number of amides is 1. The molecule has 0 aliphatic carbocycles. The topological polar surface area (TPSA) is 81.2 Å². The molecule has 1 amide bonds. The Labute approximate surface area is 229 Å². The molecule has 4 rings (SSSR count). The lowest BCUT2D eigenvalue weighted by molar-refractivity contribution is -0.140. The number of halogens is 3. The van der Waals surface area contributed by atoms with Crippen LogP contribution in [0.2, 0.25) is 0 Å². The Balaban J connectivity index is 1.57. The van der Waals surface area contributed by atoms with Crippen molar-refractivity contribution in [3.63, 3.8) is 0 Å². The Kier molecular flexibility index (Phi) is 8.67. The van der Waals surface area contributed by atoms with Gasteiger partial charge in [-0.1, -0.05) is 13.8 Å². The molecule has 8 nitrogen and oxygen atoms in total. The first-order valence-corrected chi connectivity index (χ1v) is 13.5. The highest BCUT2D eigenvalue weighted by Crippen LogP contribution is 2.43. The summed E-state index contributed by atoms with van der Waals surface area (Å²) < 4.78 is 57.1. The van der Waals surface area contributed by atoms with Crippen LogP contribution in [0.4, 0.5) is 13.2 Å². The largest absolute Gasteiger partial charge is 0.492 e. The third-order valence-electron chi connectivity index (χ3n) is 6.31. The quantitative estimate of drug-likeness (QED) is 0.453. The fourth-order valence-corrected chi connectivity index (χ4v) is 5.48. The van der Waals surface area contributed by atoms with Crippen molar-refractivity contribution < 1.29 is 37.0 Å². The molecule has 2 aromatic rings. The van der Waals surface area contributed by atoms with E-state index < -0.39 is 34.6 Å². The fraction of sp³-hybridized carbons (Fsp3) is 0.519. The van der Waals surface area contributed by atoms with E-state index in [1.807, 2.05) is 0 Å². The second-order valence-electron chi connectivity index (χ2n) is 10.3. The lowest BCUT2D eigenvalue weighted by atomic mass is 9.87. The van der Waals surface area contributed by atoms with Gasteiger partial charge in [0.2, 0.25) is 0 Å². The summed E-state index contributed by atoms with van der Waals surface area (Å²) in [5, 5.41) is -1.05. The fourth-order valence-electron chi connectivity index (χ4n) is 4.37. The molecule has 0 N–H and O–H groups in total. The molecule has 0 spiro atoms. The van der Waals surface area contributed by atoms with Gasteiger partial charge in [-0.2, -0.15) is 13.2 Å². The molecule has 12 heteroatoms. The number of esters is 1. The number of alkyl halides is 3. The molecule has 0 saturated carbocycles. The van der Waals surface area contributed by atoms with E-state index in [4.69, 9.17) is 14.2 Å². The molecule has 39 heavy (non-hydrogen) atoms. The zero-order valence-corrected chi connectivity index (χ0v) is 23.2. The van der Waals surface area contributed by atoms with Crippen LogP contribution >= 0.6 is 11.3 Å². The van der Waals surface area contributed by atoms with Gasteiger partial charge in [-0.15, -0.1) is 11.3 Å². The summed E-state index contributed by atoms with van der Waals surface area (Å²) in [6, 6.07) is 6.64. The molecular weight excluding hydrogens is 535 g/mol. The Bertz CT molecular complexity index is 1220. The first kappa shape index (κ1) is 29.0. The number of thiazole rings is 1. The van der Waals surface area contributed by atoms with Gasteiger partial charge in [0.1, 0.15) is 12.4 Å². The number of carbonyl (C=O) groups is 2. The summed E-state index contributed by atoms with van der Waals surface area (Å²) in [4.78, 5) is 34.0. The van der Waals surface area contributed by atoms with Crippen molar-refractivity contribution in [2.45, 2.75) is 45.4 Å². The number of hydrogen-bond acceptors (Lipinski definition) is 8. The number of rotatable bonds is 7. The third kappa shape index (κ3) is 6.98. The van der Waals surface area contributed by atoms with Gasteiger partial charge in [-0.25, -0.2) is 9.78 Å². The summed E-state index contributed by atoms with van der Waals surface area (Å²) in [6.45, 7) is 11.1. The molecule has 1 aromatic heterocycles. The van der Waals surface area contributed by atoms with Gasteiger partial charge in [-0.3, -0.25) is 9.69 Å². The van der Waals surface area contributed by atoms with E-state index in [1.54, 1.807) is 52.0 Å². The van der Waals surface area contributed by atoms with Crippen LogP contribution < -0.4 is 4.74 Å². The van der Waals surface area contributed by atoms with Crippen LogP contribution in [-0.4, -0.2) is 78.8 Å². The van der Waals surface area contributed by atoms with Crippen LogP contribution in [0.5, 0.6) is 5.75 Å². The molecule has 1 saturated heterocycles. The van der Waals surface area contributed by atoms with Crippen molar-refractivity contribution in [3.05, 3.63) is 51.6 Å². The van der Waals surface area contributed by atoms with Crippen molar-refractivity contribution in [2.75, 3.05) is 46.0 Å². The van der Waals surface area contributed by atoms with E-state index in [2.05, 4.69) is 9.88 Å². The molecule has 1 fully saturated rings.